The molecule has 0 bridgehead atoms. The number of carbonyl (C=O) groups is 2. The van der Waals surface area contributed by atoms with Gasteiger partial charge >= 0.3 is 6.36 Å². The highest BCUT2D eigenvalue weighted by atomic mass is 32.2. The van der Waals surface area contributed by atoms with Gasteiger partial charge < -0.3 is 15.4 Å². The van der Waals surface area contributed by atoms with Gasteiger partial charge in [0.05, 0.1) is 12.8 Å². The van der Waals surface area contributed by atoms with E-state index in [1.807, 2.05) is 30.3 Å². The second-order valence-corrected chi connectivity index (χ2v) is 11.0. The Hall–Kier alpha value is -3.56. The van der Waals surface area contributed by atoms with Gasteiger partial charge in [-0.3, -0.25) is 9.59 Å². The number of ether oxygens (including phenoxy) is 1. The number of hydrogen-bond donors (Lipinski definition) is 2. The highest BCUT2D eigenvalue weighted by molar-refractivity contribution is 8.01. The van der Waals surface area contributed by atoms with Gasteiger partial charge in [-0.2, -0.15) is 0 Å². The molecule has 0 spiro atoms. The lowest BCUT2D eigenvalue weighted by molar-refractivity contribution is -0.274. The van der Waals surface area contributed by atoms with E-state index in [9.17, 15) is 22.8 Å². The van der Waals surface area contributed by atoms with E-state index in [0.29, 0.717) is 27.2 Å². The van der Waals surface area contributed by atoms with Crippen molar-refractivity contribution in [3.63, 3.8) is 0 Å². The summed E-state index contributed by atoms with van der Waals surface area (Å²) >= 11 is 3.90. The van der Waals surface area contributed by atoms with Crippen molar-refractivity contribution in [2.24, 2.45) is 0 Å². The van der Waals surface area contributed by atoms with E-state index >= 15 is 0 Å². The second kappa shape index (κ2) is 12.8. The minimum Gasteiger partial charge on any atom is -0.406 e. The van der Waals surface area contributed by atoms with Crippen LogP contribution in [0.2, 0.25) is 0 Å². The lowest BCUT2D eigenvalue weighted by atomic mass is 10.1. The van der Waals surface area contributed by atoms with E-state index in [4.69, 9.17) is 0 Å². The Bertz CT molecular complexity index is 1380. The van der Waals surface area contributed by atoms with Gasteiger partial charge in [-0.15, -0.1) is 33.6 Å². The molecule has 198 valence electrons. The molecule has 2 aromatic carbocycles. The van der Waals surface area contributed by atoms with Crippen LogP contribution in [0.3, 0.4) is 0 Å². The zero-order valence-corrected chi connectivity index (χ0v) is 21.8. The van der Waals surface area contributed by atoms with Crippen LogP contribution in [0.25, 0.3) is 0 Å². The van der Waals surface area contributed by atoms with Gasteiger partial charge in [-0.1, -0.05) is 76.9 Å². The number of nitrogens with one attached hydrogen (secondary N) is 2. The first-order valence-corrected chi connectivity index (χ1v) is 13.6. The number of hydrogen-bond acceptors (Lipinski definition) is 10. The summed E-state index contributed by atoms with van der Waals surface area (Å²) in [4.78, 5) is 24.5. The predicted molar refractivity (Wildman–Crippen MR) is 138 cm³/mol. The van der Waals surface area contributed by atoms with Gasteiger partial charge in [0.15, 0.2) is 4.34 Å². The fourth-order valence-corrected chi connectivity index (χ4v) is 5.76. The minimum atomic E-state index is -4.81. The molecule has 4 aromatic rings. The third-order valence-electron chi connectivity index (χ3n) is 4.61. The van der Waals surface area contributed by atoms with Crippen LogP contribution in [0.5, 0.6) is 5.75 Å². The lowest BCUT2D eigenvalue weighted by Crippen LogP contribution is -2.17. The summed E-state index contributed by atoms with van der Waals surface area (Å²) in [6, 6.07) is 14.6. The quantitative estimate of drug-likeness (QED) is 0.188. The first-order valence-electron chi connectivity index (χ1n) is 11.0. The molecule has 0 saturated heterocycles. The first-order chi connectivity index (χ1) is 18.2. The molecule has 0 fully saturated rings. The number of benzene rings is 2. The van der Waals surface area contributed by atoms with E-state index in [1.165, 1.54) is 46.6 Å². The van der Waals surface area contributed by atoms with E-state index in [-0.39, 0.29) is 23.9 Å². The molecule has 9 nitrogen and oxygen atoms in total. The monoisotopic (exact) mass is 580 g/mol. The van der Waals surface area contributed by atoms with Crippen LogP contribution >= 0.6 is 34.4 Å². The Balaban J connectivity index is 1.19. The van der Waals surface area contributed by atoms with Crippen LogP contribution in [-0.4, -0.2) is 44.3 Å². The number of amides is 2. The molecule has 0 aliphatic heterocycles. The maximum Gasteiger partial charge on any atom is 0.573 e. The van der Waals surface area contributed by atoms with Crippen molar-refractivity contribution < 1.29 is 27.5 Å². The van der Waals surface area contributed by atoms with Crippen molar-refractivity contribution in [1.29, 1.82) is 0 Å². The molecular weight excluding hydrogens is 561 g/mol. The Kier molecular flexibility index (Phi) is 9.25. The van der Waals surface area contributed by atoms with Gasteiger partial charge in [0.2, 0.25) is 22.1 Å². The number of alkyl halides is 3. The summed E-state index contributed by atoms with van der Waals surface area (Å²) in [6.45, 7) is 0. The molecule has 2 heterocycles. The third kappa shape index (κ3) is 9.08. The molecule has 0 atom stereocenters. The molecule has 4 rings (SSSR count). The van der Waals surface area contributed by atoms with E-state index < -0.39 is 18.0 Å². The largest absolute Gasteiger partial charge is 0.573 e. The fourth-order valence-electron chi connectivity index (χ4n) is 3.10. The highest BCUT2D eigenvalue weighted by Crippen LogP contribution is 2.27. The summed E-state index contributed by atoms with van der Waals surface area (Å²) in [5.74, 6) is -0.382. The number of rotatable bonds is 11. The van der Waals surface area contributed by atoms with E-state index in [1.54, 1.807) is 0 Å². The Morgan fingerprint density at radius 2 is 1.50 bits per heavy atom. The van der Waals surface area contributed by atoms with Crippen molar-refractivity contribution in [3.05, 3.63) is 70.7 Å². The standard InChI is InChI=1S/C23H19F3N6O3S3/c24-23(25,26)35-16-8-4-7-15(11-16)13-18(34)28-21-31-32-22(38-21)36-10-9-19-29-30-20(37-19)27-17(33)12-14-5-2-1-3-6-14/h1-8,11H,9-10,12-13H2,(H,27,30,33)(H,28,31,34). The maximum absolute atomic E-state index is 12.4. The smallest absolute Gasteiger partial charge is 0.406 e. The Morgan fingerprint density at radius 1 is 0.842 bits per heavy atom. The number of anilines is 2. The highest BCUT2D eigenvalue weighted by Gasteiger charge is 2.31. The molecule has 0 saturated carbocycles. The fraction of sp³-hybridized carbons (Fsp3) is 0.217. The number of thioether (sulfide) groups is 1. The molecular formula is C23H19F3N6O3S3. The third-order valence-corrected chi connectivity index (χ3v) is 7.48. The van der Waals surface area contributed by atoms with Crippen molar-refractivity contribution >= 4 is 56.5 Å². The average molecular weight is 581 g/mol. The molecule has 0 aliphatic rings. The molecule has 2 amide bonds. The number of halogens is 3. The van der Waals surface area contributed by atoms with Gasteiger partial charge in [0, 0.05) is 12.2 Å². The van der Waals surface area contributed by atoms with Gasteiger partial charge in [-0.05, 0) is 23.3 Å². The zero-order valence-electron chi connectivity index (χ0n) is 19.4. The minimum absolute atomic E-state index is 0.154. The van der Waals surface area contributed by atoms with Crippen molar-refractivity contribution in [1.82, 2.24) is 20.4 Å². The van der Waals surface area contributed by atoms with Crippen LogP contribution in [0.4, 0.5) is 23.4 Å². The van der Waals surface area contributed by atoms with Crippen LogP contribution in [0.15, 0.2) is 58.9 Å². The van der Waals surface area contributed by atoms with Gasteiger partial charge in [0.1, 0.15) is 10.8 Å². The number of nitrogens with zero attached hydrogens (tertiary/aromatic N) is 4. The molecule has 0 unspecified atom stereocenters. The predicted octanol–water partition coefficient (Wildman–Crippen LogP) is 4.99. The maximum atomic E-state index is 12.4. The van der Waals surface area contributed by atoms with Crippen LogP contribution in [0, 0.1) is 0 Å². The molecule has 15 heteroatoms. The number of aromatic nitrogens is 4. The van der Waals surface area contributed by atoms with Gasteiger partial charge in [-0.25, -0.2) is 0 Å². The summed E-state index contributed by atoms with van der Waals surface area (Å²) < 4.78 is 41.7. The first kappa shape index (κ1) is 27.5. The second-order valence-electron chi connectivity index (χ2n) is 7.60. The SMILES string of the molecule is O=C(Cc1ccccc1)Nc1nnc(CCSc2nnc(NC(=O)Cc3cccc(OC(F)(F)F)c3)s2)s1. The molecule has 0 aliphatic carbocycles. The Labute approximate surface area is 226 Å². The lowest BCUT2D eigenvalue weighted by Gasteiger charge is -2.09. The topological polar surface area (TPSA) is 119 Å². The van der Waals surface area contributed by atoms with Crippen molar-refractivity contribution in [2.75, 3.05) is 16.4 Å². The molecule has 2 aromatic heterocycles. The van der Waals surface area contributed by atoms with Crippen LogP contribution in [-0.2, 0) is 28.9 Å². The number of carbonyl (C=O) groups excluding carboxylic acids is 2. The number of aryl methyl sites for hydroxylation is 1. The van der Waals surface area contributed by atoms with Crippen LogP contribution in [0.1, 0.15) is 16.1 Å². The normalized spacial score (nSPS) is 11.2. The summed E-state index contributed by atoms with van der Waals surface area (Å²) in [7, 11) is 0. The molecule has 0 radical (unpaired) electrons. The Morgan fingerprint density at radius 3 is 2.24 bits per heavy atom. The summed E-state index contributed by atoms with van der Waals surface area (Å²) in [5, 5.41) is 22.9. The average Bonchev–Trinajstić information content (AvgIpc) is 3.48. The van der Waals surface area contributed by atoms with E-state index in [2.05, 4.69) is 35.8 Å². The zero-order chi connectivity index (χ0) is 27.0. The van der Waals surface area contributed by atoms with Crippen molar-refractivity contribution in [2.45, 2.75) is 30.0 Å². The van der Waals surface area contributed by atoms with Crippen LogP contribution < -0.4 is 15.4 Å². The molecule has 38 heavy (non-hydrogen) atoms. The van der Waals surface area contributed by atoms with E-state index in [0.717, 1.165) is 22.7 Å². The summed E-state index contributed by atoms with van der Waals surface area (Å²) in [6.07, 6.45) is -4.12. The molecule has 2 N–H and O–H groups in total. The summed E-state index contributed by atoms with van der Waals surface area (Å²) in [5.41, 5.74) is 1.26. The van der Waals surface area contributed by atoms with Crippen molar-refractivity contribution in [3.8, 4) is 5.75 Å². The van der Waals surface area contributed by atoms with Gasteiger partial charge in [0.25, 0.3) is 0 Å².